The van der Waals surface area contributed by atoms with E-state index >= 15 is 0 Å². The Morgan fingerprint density at radius 1 is 1.64 bits per heavy atom. The van der Waals surface area contributed by atoms with E-state index in [0.717, 1.165) is 0 Å². The first-order chi connectivity index (χ1) is 5.26. The first-order valence-electron chi connectivity index (χ1n) is 3.72. The highest BCUT2D eigenvalue weighted by molar-refractivity contribution is 4.91. The zero-order chi connectivity index (χ0) is 8.69. The number of likely N-dealkylation sites (N-methyl/N-ethyl adjacent to an activating group) is 1. The molecule has 0 heterocycles. The minimum absolute atomic E-state index is 0.274. The maximum absolute atomic E-state index is 5.02. The van der Waals surface area contributed by atoms with Gasteiger partial charge in [-0.25, -0.2) is 0 Å². The Kier molecular flexibility index (Phi) is 5.57. The van der Waals surface area contributed by atoms with Gasteiger partial charge in [0.25, 0.3) is 0 Å². The van der Waals surface area contributed by atoms with Gasteiger partial charge in [-0.05, 0) is 13.1 Å². The number of hydrogen-bond donors (Lipinski definition) is 0. The van der Waals surface area contributed by atoms with Gasteiger partial charge in [-0.1, -0.05) is 12.2 Å². The number of allylic oxidation sites excluding steroid dienone is 1. The van der Waals surface area contributed by atoms with E-state index in [1.54, 1.807) is 7.11 Å². The summed E-state index contributed by atoms with van der Waals surface area (Å²) in [6.07, 6.45) is 5.88. The number of hydrogen-bond acceptors (Lipinski definition) is 2. The van der Waals surface area contributed by atoms with Crippen LogP contribution >= 0.6 is 0 Å². The van der Waals surface area contributed by atoms with Crippen LogP contribution in [0.25, 0.3) is 0 Å². The van der Waals surface area contributed by atoms with E-state index in [0.29, 0.717) is 6.61 Å². The van der Waals surface area contributed by atoms with E-state index in [2.05, 4.69) is 11.5 Å². The molecule has 2 nitrogen and oxygen atoms in total. The molecule has 0 saturated heterocycles. The second-order valence-corrected chi connectivity index (χ2v) is 2.41. The molecule has 0 fully saturated rings. The van der Waals surface area contributed by atoms with Gasteiger partial charge in [0.05, 0.1) is 12.6 Å². The molecule has 0 bridgehead atoms. The van der Waals surface area contributed by atoms with Gasteiger partial charge in [0.15, 0.2) is 0 Å². The number of nitrogens with zero attached hydrogens (tertiary/aromatic N) is 1. The van der Waals surface area contributed by atoms with Crippen LogP contribution in [-0.4, -0.2) is 31.7 Å². The normalized spacial score (nSPS) is 13.4. The minimum atomic E-state index is 0.274. The molecular weight excluding hydrogens is 138 g/mol. The summed E-state index contributed by atoms with van der Waals surface area (Å²) >= 11 is 0. The lowest BCUT2D eigenvalue weighted by atomic mass is 10.3. The number of methoxy groups -OCH3 is 1. The zero-order valence-electron chi connectivity index (χ0n) is 7.58. The Hall–Kier alpha value is -0.760. The molecule has 0 spiro atoms. The monoisotopic (exact) mass is 155 g/mol. The average Bonchev–Trinajstić information content (AvgIpc) is 2.00. The van der Waals surface area contributed by atoms with Gasteiger partial charge < -0.3 is 9.64 Å². The lowest BCUT2D eigenvalue weighted by molar-refractivity contribution is 0.150. The van der Waals surface area contributed by atoms with Crippen molar-refractivity contribution in [3.05, 3.63) is 24.9 Å². The predicted molar refractivity (Wildman–Crippen MR) is 48.4 cm³/mol. The summed E-state index contributed by atoms with van der Waals surface area (Å²) in [5.41, 5.74) is 0. The summed E-state index contributed by atoms with van der Waals surface area (Å²) in [6, 6.07) is 0.274. The lowest BCUT2D eigenvalue weighted by Gasteiger charge is -2.22. The molecule has 1 atom stereocenters. The van der Waals surface area contributed by atoms with Crippen LogP contribution in [0.3, 0.4) is 0 Å². The molecule has 0 rings (SSSR count). The molecule has 11 heavy (non-hydrogen) atoms. The molecule has 0 saturated carbocycles. The van der Waals surface area contributed by atoms with E-state index in [-0.39, 0.29) is 6.04 Å². The van der Waals surface area contributed by atoms with Crippen molar-refractivity contribution in [2.24, 2.45) is 0 Å². The summed E-state index contributed by atoms with van der Waals surface area (Å²) in [4.78, 5) is 2.07. The van der Waals surface area contributed by atoms with Crippen LogP contribution in [0, 0.1) is 0 Å². The molecule has 0 aromatic heterocycles. The fourth-order valence-electron chi connectivity index (χ4n) is 0.868. The molecule has 0 aliphatic carbocycles. The van der Waals surface area contributed by atoms with E-state index < -0.39 is 0 Å². The van der Waals surface area contributed by atoms with Crippen LogP contribution < -0.4 is 0 Å². The third kappa shape index (κ3) is 3.83. The fraction of sp³-hybridized carbons (Fsp3) is 0.556. The second-order valence-electron chi connectivity index (χ2n) is 2.41. The first-order valence-corrected chi connectivity index (χ1v) is 3.72. The molecule has 0 N–H and O–H groups in total. The number of ether oxygens (including phenoxy) is 1. The van der Waals surface area contributed by atoms with Gasteiger partial charge in [0.1, 0.15) is 0 Å². The van der Waals surface area contributed by atoms with E-state index in [1.807, 2.05) is 32.3 Å². The Bertz CT molecular complexity index is 132. The molecule has 0 aromatic rings. The molecule has 0 aromatic carbocycles. The molecule has 64 valence electrons. The van der Waals surface area contributed by atoms with E-state index in [4.69, 9.17) is 4.74 Å². The summed E-state index contributed by atoms with van der Waals surface area (Å²) in [6.45, 7) is 6.40. The fourth-order valence-corrected chi connectivity index (χ4v) is 0.868. The molecular formula is C9H17NO. The van der Waals surface area contributed by atoms with Crippen LogP contribution in [0.15, 0.2) is 24.9 Å². The summed E-state index contributed by atoms with van der Waals surface area (Å²) in [7, 11) is 3.70. The highest BCUT2D eigenvalue weighted by Crippen LogP contribution is 1.98. The molecule has 0 amide bonds. The van der Waals surface area contributed by atoms with Gasteiger partial charge in [-0.2, -0.15) is 0 Å². The van der Waals surface area contributed by atoms with Gasteiger partial charge in [0, 0.05) is 14.2 Å². The van der Waals surface area contributed by atoms with Crippen molar-refractivity contribution in [2.75, 3.05) is 20.8 Å². The molecule has 0 aliphatic rings. The molecule has 1 unspecified atom stereocenters. The third-order valence-corrected chi connectivity index (χ3v) is 1.52. The second kappa shape index (κ2) is 5.98. The summed E-state index contributed by atoms with van der Waals surface area (Å²) < 4.78 is 5.02. The number of rotatable bonds is 5. The van der Waals surface area contributed by atoms with Crippen LogP contribution in [0.5, 0.6) is 0 Å². The maximum atomic E-state index is 5.02. The summed E-state index contributed by atoms with van der Waals surface area (Å²) in [5, 5.41) is 0. The Balaban J connectivity index is 3.90. The molecule has 0 radical (unpaired) electrons. The van der Waals surface area contributed by atoms with Crippen LogP contribution in [0.4, 0.5) is 0 Å². The van der Waals surface area contributed by atoms with Crippen molar-refractivity contribution in [1.29, 1.82) is 0 Å². The van der Waals surface area contributed by atoms with Crippen molar-refractivity contribution < 1.29 is 4.74 Å². The van der Waals surface area contributed by atoms with Crippen molar-refractivity contribution in [2.45, 2.75) is 13.0 Å². The predicted octanol–water partition coefficient (Wildman–Crippen LogP) is 1.65. The quantitative estimate of drug-likeness (QED) is 0.560. The van der Waals surface area contributed by atoms with Crippen LogP contribution in [-0.2, 0) is 4.74 Å². The highest BCUT2D eigenvalue weighted by Gasteiger charge is 2.04. The summed E-state index contributed by atoms with van der Waals surface area (Å²) in [5.74, 6) is 0. The average molecular weight is 155 g/mol. The minimum Gasteiger partial charge on any atom is -0.382 e. The Morgan fingerprint density at radius 3 is 2.64 bits per heavy atom. The third-order valence-electron chi connectivity index (χ3n) is 1.52. The largest absolute Gasteiger partial charge is 0.382 e. The SMILES string of the molecule is C=CC(COC)N(C)/C=C\C. The van der Waals surface area contributed by atoms with Crippen molar-refractivity contribution in [3.63, 3.8) is 0 Å². The van der Waals surface area contributed by atoms with Crippen LogP contribution in [0.1, 0.15) is 6.92 Å². The van der Waals surface area contributed by atoms with Crippen molar-refractivity contribution >= 4 is 0 Å². The van der Waals surface area contributed by atoms with Gasteiger partial charge in [-0.15, -0.1) is 6.58 Å². The standard InChI is InChI=1S/C9H17NO/c1-5-7-10(3)9(6-2)8-11-4/h5-7,9H,2,8H2,1,3-4H3/b7-5-. The van der Waals surface area contributed by atoms with E-state index in [9.17, 15) is 0 Å². The van der Waals surface area contributed by atoms with Crippen molar-refractivity contribution in [3.8, 4) is 0 Å². The van der Waals surface area contributed by atoms with Gasteiger partial charge in [0.2, 0.25) is 0 Å². The maximum Gasteiger partial charge on any atom is 0.0702 e. The highest BCUT2D eigenvalue weighted by atomic mass is 16.5. The molecule has 2 heteroatoms. The van der Waals surface area contributed by atoms with E-state index in [1.165, 1.54) is 0 Å². The lowest BCUT2D eigenvalue weighted by Crippen LogP contribution is -2.28. The Morgan fingerprint density at radius 2 is 2.27 bits per heavy atom. The van der Waals surface area contributed by atoms with Crippen LogP contribution in [0.2, 0.25) is 0 Å². The Labute approximate surface area is 69.2 Å². The molecule has 0 aliphatic heterocycles. The first kappa shape index (κ1) is 10.2. The van der Waals surface area contributed by atoms with Crippen molar-refractivity contribution in [1.82, 2.24) is 4.90 Å². The smallest absolute Gasteiger partial charge is 0.0702 e. The zero-order valence-corrected chi connectivity index (χ0v) is 7.58. The van der Waals surface area contributed by atoms with Gasteiger partial charge in [-0.3, -0.25) is 0 Å². The topological polar surface area (TPSA) is 12.5 Å². The van der Waals surface area contributed by atoms with Gasteiger partial charge >= 0.3 is 0 Å².